The summed E-state index contributed by atoms with van der Waals surface area (Å²) in [6.45, 7) is 0.194. The van der Waals surface area contributed by atoms with Crippen LogP contribution >= 0.6 is 11.6 Å². The molecule has 1 aliphatic rings. The van der Waals surface area contributed by atoms with E-state index >= 15 is 0 Å². The molecule has 3 aromatic rings. The van der Waals surface area contributed by atoms with Crippen LogP contribution in [0.3, 0.4) is 0 Å². The molecule has 0 saturated carbocycles. The lowest BCUT2D eigenvalue weighted by Gasteiger charge is -2.33. The second-order valence-electron chi connectivity index (χ2n) is 7.08. The molecule has 0 fully saturated rings. The van der Waals surface area contributed by atoms with E-state index in [1.54, 1.807) is 25.2 Å². The molecule has 0 aliphatic carbocycles. The topological polar surface area (TPSA) is 83.7 Å². The molecular weight excluding hydrogens is 432 g/mol. The first-order valence-electron chi connectivity index (χ1n) is 9.29. The number of nitrogens with zero attached hydrogens (tertiary/aromatic N) is 1. The molecule has 162 valence electrons. The molecular formula is C21H18ClF2N3O4. The number of anilines is 1. The Morgan fingerprint density at radius 2 is 1.97 bits per heavy atom. The molecule has 1 aliphatic heterocycles. The van der Waals surface area contributed by atoms with Gasteiger partial charge in [-0.1, -0.05) is 11.6 Å². The number of carbonyl (C=O) groups excluding carboxylic acids is 1. The van der Waals surface area contributed by atoms with Crippen LogP contribution in [-0.2, 0) is 11.3 Å². The summed E-state index contributed by atoms with van der Waals surface area (Å²) in [5, 5.41) is 3.29. The van der Waals surface area contributed by atoms with Gasteiger partial charge in [0, 0.05) is 24.0 Å². The molecule has 4 rings (SSSR count). The van der Waals surface area contributed by atoms with Gasteiger partial charge < -0.3 is 24.7 Å². The highest BCUT2D eigenvalue weighted by atomic mass is 35.5. The van der Waals surface area contributed by atoms with Crippen molar-refractivity contribution in [1.82, 2.24) is 9.88 Å². The standard InChI is InChI=1S/C21H18ClF2N3O4/c1-27(21(29)25-10-3-4-18(30-2)13(22)5-10)17-9-31-8-16-19(17)11-6-14(23)15(24)7-12(11)20(28)26-16/h3-7,17H,8-9H2,1-2H3,(H,25,29)(H,26,28)/t17-/m0/s1. The summed E-state index contributed by atoms with van der Waals surface area (Å²) in [4.78, 5) is 29.2. The third-order valence-corrected chi connectivity index (χ3v) is 5.53. The average Bonchev–Trinajstić information content (AvgIpc) is 2.74. The Labute approximate surface area is 180 Å². The van der Waals surface area contributed by atoms with Crippen molar-refractivity contribution in [2.24, 2.45) is 0 Å². The molecule has 2 amide bonds. The van der Waals surface area contributed by atoms with Crippen LogP contribution in [0.5, 0.6) is 5.75 Å². The predicted molar refractivity (Wildman–Crippen MR) is 112 cm³/mol. The largest absolute Gasteiger partial charge is 0.495 e. The van der Waals surface area contributed by atoms with E-state index in [4.69, 9.17) is 21.1 Å². The fourth-order valence-electron chi connectivity index (χ4n) is 3.64. The van der Waals surface area contributed by atoms with Gasteiger partial charge in [0.2, 0.25) is 0 Å². The van der Waals surface area contributed by atoms with Gasteiger partial charge in [0.1, 0.15) is 5.75 Å². The van der Waals surface area contributed by atoms with Crippen molar-refractivity contribution in [3.63, 3.8) is 0 Å². The van der Waals surface area contributed by atoms with Gasteiger partial charge in [-0.15, -0.1) is 0 Å². The number of halogens is 3. The molecule has 7 nitrogen and oxygen atoms in total. The van der Waals surface area contributed by atoms with Crippen LogP contribution in [0.25, 0.3) is 10.8 Å². The molecule has 2 heterocycles. The fourth-order valence-corrected chi connectivity index (χ4v) is 3.90. The second-order valence-corrected chi connectivity index (χ2v) is 7.49. The lowest BCUT2D eigenvalue weighted by atomic mass is 9.95. The summed E-state index contributed by atoms with van der Waals surface area (Å²) in [7, 11) is 3.03. The number of urea groups is 1. The average molecular weight is 450 g/mol. The SMILES string of the molecule is COc1ccc(NC(=O)N(C)[C@H]2COCc3[nH]c(=O)c4cc(F)c(F)cc4c32)cc1Cl. The number of fused-ring (bicyclic) bond motifs is 3. The summed E-state index contributed by atoms with van der Waals surface area (Å²) in [5.74, 6) is -1.73. The van der Waals surface area contributed by atoms with Gasteiger partial charge in [0.15, 0.2) is 11.6 Å². The zero-order valence-electron chi connectivity index (χ0n) is 16.6. The Balaban J connectivity index is 1.71. The Kier molecular flexibility index (Phi) is 5.55. The van der Waals surface area contributed by atoms with Crippen molar-refractivity contribution in [2.45, 2.75) is 12.6 Å². The molecule has 2 N–H and O–H groups in total. The van der Waals surface area contributed by atoms with Crippen LogP contribution in [-0.4, -0.2) is 36.7 Å². The maximum Gasteiger partial charge on any atom is 0.322 e. The molecule has 2 aromatic carbocycles. The van der Waals surface area contributed by atoms with E-state index in [1.165, 1.54) is 12.0 Å². The number of likely N-dealkylation sites (N-methyl/N-ethyl adjacent to an activating group) is 1. The number of hydrogen-bond donors (Lipinski definition) is 2. The van der Waals surface area contributed by atoms with Gasteiger partial charge in [0.25, 0.3) is 5.56 Å². The number of H-pyrrole nitrogens is 1. The van der Waals surface area contributed by atoms with Gasteiger partial charge in [-0.3, -0.25) is 4.79 Å². The molecule has 1 aromatic heterocycles. The summed E-state index contributed by atoms with van der Waals surface area (Å²) < 4.78 is 38.4. The third kappa shape index (κ3) is 3.82. The normalized spacial score (nSPS) is 15.5. The number of aromatic amines is 1. The highest BCUT2D eigenvalue weighted by Crippen LogP contribution is 2.34. The number of rotatable bonds is 3. The summed E-state index contributed by atoms with van der Waals surface area (Å²) in [6, 6.07) is 5.50. The number of hydrogen-bond acceptors (Lipinski definition) is 4. The molecule has 1 atom stereocenters. The number of amides is 2. The zero-order chi connectivity index (χ0) is 22.3. The van der Waals surface area contributed by atoms with Crippen molar-refractivity contribution < 1.29 is 23.0 Å². The smallest absolute Gasteiger partial charge is 0.322 e. The number of carbonyl (C=O) groups is 1. The second kappa shape index (κ2) is 8.16. The number of benzene rings is 2. The van der Waals surface area contributed by atoms with E-state index in [0.717, 1.165) is 12.1 Å². The van der Waals surface area contributed by atoms with Crippen molar-refractivity contribution >= 4 is 34.1 Å². The maximum atomic E-state index is 14.0. The Bertz CT molecular complexity index is 1250. The van der Waals surface area contributed by atoms with E-state index in [-0.39, 0.29) is 24.0 Å². The predicted octanol–water partition coefficient (Wildman–Crippen LogP) is 4.20. The number of pyridine rings is 1. The number of aromatic nitrogens is 1. The van der Waals surface area contributed by atoms with Crippen molar-refractivity contribution in [3.05, 3.63) is 68.6 Å². The van der Waals surface area contributed by atoms with E-state index in [9.17, 15) is 18.4 Å². The van der Waals surface area contributed by atoms with Gasteiger partial charge in [0.05, 0.1) is 36.8 Å². The zero-order valence-corrected chi connectivity index (χ0v) is 17.3. The minimum Gasteiger partial charge on any atom is -0.495 e. The quantitative estimate of drug-likeness (QED) is 0.627. The molecule has 0 spiro atoms. The highest BCUT2D eigenvalue weighted by Gasteiger charge is 2.31. The Morgan fingerprint density at radius 1 is 1.26 bits per heavy atom. The van der Waals surface area contributed by atoms with Crippen molar-refractivity contribution in [2.75, 3.05) is 26.1 Å². The van der Waals surface area contributed by atoms with Crippen LogP contribution < -0.4 is 15.6 Å². The van der Waals surface area contributed by atoms with E-state index in [2.05, 4.69) is 10.3 Å². The molecule has 31 heavy (non-hydrogen) atoms. The first-order valence-corrected chi connectivity index (χ1v) is 9.67. The maximum absolute atomic E-state index is 14.0. The summed E-state index contributed by atoms with van der Waals surface area (Å²) in [5.41, 5.74) is 0.799. The van der Waals surface area contributed by atoms with E-state index in [0.29, 0.717) is 27.7 Å². The van der Waals surface area contributed by atoms with E-state index in [1.807, 2.05) is 0 Å². The monoisotopic (exact) mass is 449 g/mol. The first-order chi connectivity index (χ1) is 14.8. The Morgan fingerprint density at radius 3 is 2.65 bits per heavy atom. The summed E-state index contributed by atoms with van der Waals surface area (Å²) in [6.07, 6.45) is 0. The van der Waals surface area contributed by atoms with Crippen LogP contribution in [0.2, 0.25) is 5.02 Å². The molecule has 0 radical (unpaired) electrons. The van der Waals surface area contributed by atoms with Gasteiger partial charge in [-0.05, 0) is 35.7 Å². The molecule has 0 saturated heterocycles. The van der Waals surface area contributed by atoms with Gasteiger partial charge in [-0.2, -0.15) is 0 Å². The lowest BCUT2D eigenvalue weighted by molar-refractivity contribution is 0.0527. The highest BCUT2D eigenvalue weighted by molar-refractivity contribution is 6.32. The van der Waals surface area contributed by atoms with Crippen molar-refractivity contribution in [1.29, 1.82) is 0 Å². The third-order valence-electron chi connectivity index (χ3n) is 5.23. The molecule has 0 bridgehead atoms. The van der Waals surface area contributed by atoms with Crippen LogP contribution in [0, 0.1) is 11.6 Å². The van der Waals surface area contributed by atoms with Gasteiger partial charge in [-0.25, -0.2) is 13.6 Å². The minimum absolute atomic E-state index is 0.000273. The van der Waals surface area contributed by atoms with Gasteiger partial charge >= 0.3 is 6.03 Å². The minimum atomic E-state index is -1.12. The molecule has 10 heteroatoms. The number of nitrogens with one attached hydrogen (secondary N) is 2. The van der Waals surface area contributed by atoms with Crippen LogP contribution in [0.4, 0.5) is 19.3 Å². The molecule has 0 unspecified atom stereocenters. The first kappa shape index (κ1) is 21.1. The fraction of sp³-hybridized carbons (Fsp3) is 0.238. The van der Waals surface area contributed by atoms with Crippen molar-refractivity contribution in [3.8, 4) is 5.75 Å². The number of methoxy groups -OCH3 is 1. The van der Waals surface area contributed by atoms with Crippen LogP contribution in [0.1, 0.15) is 17.3 Å². The number of ether oxygens (including phenoxy) is 2. The lowest BCUT2D eigenvalue weighted by Crippen LogP contribution is -2.39. The van der Waals surface area contributed by atoms with E-state index < -0.39 is 29.3 Å². The van der Waals surface area contributed by atoms with Crippen LogP contribution in [0.15, 0.2) is 35.1 Å². The summed E-state index contributed by atoms with van der Waals surface area (Å²) >= 11 is 6.11. The Hall–Kier alpha value is -3.17.